The van der Waals surface area contributed by atoms with Gasteiger partial charge in [0.05, 0.1) is 28.2 Å². The molecule has 0 atom stereocenters. The lowest BCUT2D eigenvalue weighted by molar-refractivity contribution is 0.752. The van der Waals surface area contributed by atoms with Crippen LogP contribution >= 0.6 is 0 Å². The van der Waals surface area contributed by atoms with Crippen LogP contribution in [0.1, 0.15) is 22.3 Å². The van der Waals surface area contributed by atoms with E-state index in [1.807, 2.05) is 12.1 Å². The summed E-state index contributed by atoms with van der Waals surface area (Å²) in [5.41, 5.74) is 17.4. The van der Waals surface area contributed by atoms with Gasteiger partial charge in [-0.25, -0.2) is 9.97 Å². The van der Waals surface area contributed by atoms with E-state index in [0.29, 0.717) is 0 Å². The van der Waals surface area contributed by atoms with Gasteiger partial charge in [-0.05, 0) is 68.8 Å². The topological polar surface area (TPSA) is 25.8 Å². The normalized spacial score (nSPS) is 12.5. The number of benzene rings is 7. The maximum absolute atomic E-state index is 5.10. The van der Waals surface area contributed by atoms with E-state index in [4.69, 9.17) is 9.97 Å². The lowest BCUT2D eigenvalue weighted by atomic mass is 9.63. The van der Waals surface area contributed by atoms with Crippen LogP contribution in [0.4, 0.5) is 0 Å². The molecule has 0 radical (unpaired) electrons. The van der Waals surface area contributed by atoms with Gasteiger partial charge in [0, 0.05) is 22.3 Å². The first-order chi connectivity index (χ1) is 27.3. The third-order valence-electron chi connectivity index (χ3n) is 11.0. The lowest BCUT2D eigenvalue weighted by Crippen LogP contribution is -2.31. The fourth-order valence-corrected chi connectivity index (χ4v) is 8.49. The summed E-state index contributed by atoms with van der Waals surface area (Å²) >= 11 is 0. The van der Waals surface area contributed by atoms with Crippen molar-refractivity contribution in [1.29, 1.82) is 0 Å². The smallest absolute Gasteiger partial charge is 0.0713 e. The van der Waals surface area contributed by atoms with Gasteiger partial charge in [-0.3, -0.25) is 0 Å². The summed E-state index contributed by atoms with van der Waals surface area (Å²) in [6.07, 6.45) is 0. The number of hydrogen-bond donors (Lipinski definition) is 0. The Hall–Kier alpha value is -7.16. The molecule has 0 fully saturated rings. The van der Waals surface area contributed by atoms with Crippen molar-refractivity contribution >= 4 is 0 Å². The van der Waals surface area contributed by atoms with Crippen LogP contribution in [-0.4, -0.2) is 9.97 Å². The van der Waals surface area contributed by atoms with Crippen LogP contribution in [0.3, 0.4) is 0 Å². The van der Waals surface area contributed by atoms with Crippen LogP contribution in [0.2, 0.25) is 0 Å². The molecule has 0 bridgehead atoms. The summed E-state index contributed by atoms with van der Waals surface area (Å²) in [5, 5.41) is 0. The largest absolute Gasteiger partial charge is 0.248 e. The summed E-state index contributed by atoms with van der Waals surface area (Å²) in [5.74, 6) is 0. The zero-order chi connectivity index (χ0) is 36.6. The molecule has 2 aromatic heterocycles. The predicted octanol–water partition coefficient (Wildman–Crippen LogP) is 13.2. The summed E-state index contributed by atoms with van der Waals surface area (Å²) in [7, 11) is 0. The zero-order valence-electron chi connectivity index (χ0n) is 30.2. The predicted molar refractivity (Wildman–Crippen MR) is 227 cm³/mol. The molecule has 10 rings (SSSR count). The van der Waals surface area contributed by atoms with Gasteiger partial charge in [0.2, 0.25) is 0 Å². The van der Waals surface area contributed by atoms with Gasteiger partial charge < -0.3 is 0 Å². The minimum atomic E-state index is -0.637. The van der Waals surface area contributed by atoms with Crippen LogP contribution in [-0.2, 0) is 5.41 Å². The molecule has 0 saturated heterocycles. The second kappa shape index (κ2) is 13.7. The highest BCUT2D eigenvalue weighted by molar-refractivity contribution is 5.92. The molecule has 0 aliphatic heterocycles. The van der Waals surface area contributed by atoms with E-state index in [9.17, 15) is 0 Å². The van der Waals surface area contributed by atoms with Gasteiger partial charge in [0.1, 0.15) is 0 Å². The van der Waals surface area contributed by atoms with Crippen molar-refractivity contribution in [3.63, 3.8) is 0 Å². The second-order valence-corrected chi connectivity index (χ2v) is 14.1. The molecular formula is C53H36N2. The first-order valence-electron chi connectivity index (χ1n) is 18.8. The highest BCUT2D eigenvalue weighted by Gasteiger charge is 2.43. The highest BCUT2D eigenvalue weighted by atomic mass is 14.7. The zero-order valence-corrected chi connectivity index (χ0v) is 30.2. The van der Waals surface area contributed by atoms with Crippen molar-refractivity contribution in [2.24, 2.45) is 0 Å². The van der Waals surface area contributed by atoms with Crippen LogP contribution in [0.5, 0.6) is 0 Å². The molecule has 1 aliphatic rings. The van der Waals surface area contributed by atoms with Crippen molar-refractivity contribution in [3.05, 3.63) is 241 Å². The number of hydrogen-bond acceptors (Lipinski definition) is 2. The van der Waals surface area contributed by atoms with E-state index in [0.717, 1.165) is 45.0 Å². The van der Waals surface area contributed by atoms with Gasteiger partial charge in [-0.1, -0.05) is 194 Å². The van der Waals surface area contributed by atoms with Crippen molar-refractivity contribution in [2.45, 2.75) is 5.41 Å². The Morgan fingerprint density at radius 1 is 0.236 bits per heavy atom. The molecule has 2 nitrogen and oxygen atoms in total. The van der Waals surface area contributed by atoms with Gasteiger partial charge in [0.15, 0.2) is 0 Å². The van der Waals surface area contributed by atoms with E-state index in [2.05, 4.69) is 206 Å². The molecule has 9 aromatic rings. The Kier molecular flexibility index (Phi) is 8.08. The Balaban J connectivity index is 1.17. The Morgan fingerprint density at radius 2 is 0.545 bits per heavy atom. The average molecular weight is 701 g/mol. The van der Waals surface area contributed by atoms with Crippen LogP contribution < -0.4 is 0 Å². The van der Waals surface area contributed by atoms with Crippen LogP contribution in [0.25, 0.3) is 67.3 Å². The summed E-state index contributed by atoms with van der Waals surface area (Å²) in [6, 6.07) is 78.3. The molecule has 258 valence electrons. The standard InChI is InChI=1S/C53H36N2/c1-3-15-37(16-4-1)49-25-13-27-51(54-49)39-29-33-41(34-30-39)53(42-35-31-40(32-36-42)52-28-14-26-50(55-52)38-17-5-2-6-18-38)47-23-11-9-21-45(47)43-19-7-8-20-44(43)46-22-10-12-24-48(46)53/h1-36H. The number of aromatic nitrogens is 2. The van der Waals surface area contributed by atoms with Gasteiger partial charge in [-0.15, -0.1) is 0 Å². The molecule has 0 unspecified atom stereocenters. The molecule has 55 heavy (non-hydrogen) atoms. The molecule has 0 N–H and O–H groups in total. The maximum Gasteiger partial charge on any atom is 0.0713 e. The van der Waals surface area contributed by atoms with Crippen molar-refractivity contribution in [2.75, 3.05) is 0 Å². The lowest BCUT2D eigenvalue weighted by Gasteiger charge is -2.38. The third-order valence-corrected chi connectivity index (χ3v) is 11.0. The SMILES string of the molecule is c1ccc(-c2cccc(-c3ccc(C4(c5ccc(-c6cccc(-c7ccccc7)n6)cc5)c5ccccc5-c5ccccc5-c5ccccc54)cc3)n2)cc1. The molecule has 0 amide bonds. The van der Waals surface area contributed by atoms with E-state index in [1.54, 1.807) is 0 Å². The van der Waals surface area contributed by atoms with Gasteiger partial charge >= 0.3 is 0 Å². The van der Waals surface area contributed by atoms with Gasteiger partial charge in [0.25, 0.3) is 0 Å². The number of rotatable bonds is 6. The number of pyridine rings is 2. The minimum Gasteiger partial charge on any atom is -0.248 e. The molecule has 7 aromatic carbocycles. The van der Waals surface area contributed by atoms with E-state index < -0.39 is 5.41 Å². The van der Waals surface area contributed by atoms with Crippen molar-refractivity contribution in [1.82, 2.24) is 9.97 Å². The molecular weight excluding hydrogens is 665 g/mol. The fourth-order valence-electron chi connectivity index (χ4n) is 8.49. The minimum absolute atomic E-state index is 0.637. The number of fused-ring (bicyclic) bond motifs is 5. The molecule has 2 heteroatoms. The maximum atomic E-state index is 5.10. The first kappa shape index (κ1) is 32.5. The van der Waals surface area contributed by atoms with Crippen LogP contribution in [0.15, 0.2) is 218 Å². The van der Waals surface area contributed by atoms with Crippen LogP contribution in [0, 0.1) is 0 Å². The third kappa shape index (κ3) is 5.59. The van der Waals surface area contributed by atoms with Crippen molar-refractivity contribution < 1.29 is 0 Å². The molecule has 1 aliphatic carbocycles. The molecule has 2 heterocycles. The average Bonchev–Trinajstić information content (AvgIpc) is 3.39. The Morgan fingerprint density at radius 3 is 0.927 bits per heavy atom. The monoisotopic (exact) mass is 700 g/mol. The fraction of sp³-hybridized carbons (Fsp3) is 0.0189. The molecule has 0 spiro atoms. The van der Waals surface area contributed by atoms with E-state index in [-0.39, 0.29) is 0 Å². The van der Waals surface area contributed by atoms with E-state index in [1.165, 1.54) is 44.5 Å². The van der Waals surface area contributed by atoms with E-state index >= 15 is 0 Å². The highest BCUT2D eigenvalue weighted by Crippen LogP contribution is 2.55. The van der Waals surface area contributed by atoms with Crippen molar-refractivity contribution in [3.8, 4) is 67.3 Å². The Bertz CT molecular complexity index is 2590. The quantitative estimate of drug-likeness (QED) is 0.173. The summed E-state index contributed by atoms with van der Waals surface area (Å²) in [4.78, 5) is 10.2. The second-order valence-electron chi connectivity index (χ2n) is 14.1. The first-order valence-corrected chi connectivity index (χ1v) is 18.8. The number of nitrogens with zero attached hydrogens (tertiary/aromatic N) is 2. The summed E-state index contributed by atoms with van der Waals surface area (Å²) < 4.78 is 0. The molecule has 0 saturated carbocycles. The van der Waals surface area contributed by atoms with Gasteiger partial charge in [-0.2, -0.15) is 0 Å². The summed E-state index contributed by atoms with van der Waals surface area (Å²) in [6.45, 7) is 0. The Labute approximate surface area is 322 Å².